The zero-order valence-corrected chi connectivity index (χ0v) is 12.3. The fraction of sp³-hybridized carbons (Fsp3) is 0.786. The highest BCUT2D eigenvalue weighted by Crippen LogP contribution is 2.39. The van der Waals surface area contributed by atoms with Crippen molar-refractivity contribution in [1.29, 1.82) is 0 Å². The number of piperazine rings is 1. The molecule has 1 N–H and O–H groups in total. The van der Waals surface area contributed by atoms with E-state index >= 15 is 0 Å². The Bertz CT molecular complexity index is 419. The van der Waals surface area contributed by atoms with Crippen LogP contribution in [0.3, 0.4) is 0 Å². The van der Waals surface area contributed by atoms with E-state index in [1.54, 1.807) is 4.88 Å². The van der Waals surface area contributed by atoms with Gasteiger partial charge in [-0.3, -0.25) is 4.90 Å². The van der Waals surface area contributed by atoms with Gasteiger partial charge in [-0.2, -0.15) is 0 Å². The number of hydrogen-bond donors (Lipinski definition) is 1. The van der Waals surface area contributed by atoms with E-state index in [9.17, 15) is 0 Å². The number of rotatable bonds is 2. The van der Waals surface area contributed by atoms with Gasteiger partial charge in [-0.15, -0.1) is 11.3 Å². The van der Waals surface area contributed by atoms with Crippen LogP contribution in [0.15, 0.2) is 0 Å². The molecule has 0 unspecified atom stereocenters. The molecular weight excluding hydrogens is 242 g/mol. The maximum atomic E-state index is 4.95. The molecule has 0 radical (unpaired) electrons. The monoisotopic (exact) mass is 265 g/mol. The van der Waals surface area contributed by atoms with Crippen LogP contribution in [0.2, 0.25) is 0 Å². The molecule has 0 atom stereocenters. The van der Waals surface area contributed by atoms with Crippen LogP contribution >= 0.6 is 11.3 Å². The number of hydrogen-bond acceptors (Lipinski definition) is 4. The Morgan fingerprint density at radius 3 is 2.83 bits per heavy atom. The van der Waals surface area contributed by atoms with E-state index in [2.05, 4.69) is 24.1 Å². The van der Waals surface area contributed by atoms with Crippen LogP contribution in [0.1, 0.15) is 42.3 Å². The van der Waals surface area contributed by atoms with Crippen molar-refractivity contribution < 1.29 is 0 Å². The molecule has 1 aliphatic carbocycles. The quantitative estimate of drug-likeness (QED) is 0.888. The van der Waals surface area contributed by atoms with Crippen molar-refractivity contribution in [3.8, 4) is 0 Å². The van der Waals surface area contributed by atoms with Gasteiger partial charge in [0.25, 0.3) is 0 Å². The van der Waals surface area contributed by atoms with Crippen molar-refractivity contribution >= 4 is 11.3 Å². The molecule has 1 fully saturated rings. The van der Waals surface area contributed by atoms with Crippen LogP contribution in [-0.2, 0) is 18.4 Å². The average molecular weight is 265 g/mol. The van der Waals surface area contributed by atoms with Crippen molar-refractivity contribution in [2.24, 2.45) is 0 Å². The molecule has 1 aliphatic heterocycles. The first-order valence-corrected chi connectivity index (χ1v) is 7.89. The Labute approximate surface area is 114 Å². The summed E-state index contributed by atoms with van der Waals surface area (Å²) in [5.41, 5.74) is 1.69. The van der Waals surface area contributed by atoms with Crippen LogP contribution < -0.4 is 5.32 Å². The van der Waals surface area contributed by atoms with Gasteiger partial charge in [0.05, 0.1) is 12.2 Å². The number of nitrogens with one attached hydrogen (secondary N) is 1. The molecule has 100 valence electrons. The number of nitrogens with zero attached hydrogens (tertiary/aromatic N) is 2. The molecular formula is C14H23N3S. The molecule has 18 heavy (non-hydrogen) atoms. The molecule has 2 heterocycles. The van der Waals surface area contributed by atoms with Crippen LogP contribution in [0, 0.1) is 0 Å². The van der Waals surface area contributed by atoms with Crippen molar-refractivity contribution in [3.63, 3.8) is 0 Å². The van der Waals surface area contributed by atoms with Gasteiger partial charge >= 0.3 is 0 Å². The Morgan fingerprint density at radius 2 is 2.11 bits per heavy atom. The summed E-state index contributed by atoms with van der Waals surface area (Å²) in [6, 6.07) is 0. The fourth-order valence-electron chi connectivity index (χ4n) is 3.04. The summed E-state index contributed by atoms with van der Waals surface area (Å²) in [5, 5.41) is 4.73. The lowest BCUT2D eigenvalue weighted by molar-refractivity contribution is 0.232. The highest BCUT2D eigenvalue weighted by atomic mass is 32.1. The van der Waals surface area contributed by atoms with Crippen molar-refractivity contribution in [3.05, 3.63) is 15.6 Å². The summed E-state index contributed by atoms with van der Waals surface area (Å²) < 4.78 is 0. The number of aromatic nitrogens is 1. The molecule has 1 aromatic rings. The van der Waals surface area contributed by atoms with Crippen molar-refractivity contribution in [2.75, 3.05) is 26.2 Å². The van der Waals surface area contributed by atoms with Crippen molar-refractivity contribution in [1.82, 2.24) is 15.2 Å². The third kappa shape index (κ3) is 2.46. The molecule has 1 aromatic heterocycles. The van der Waals surface area contributed by atoms with Gasteiger partial charge in [0.2, 0.25) is 0 Å². The van der Waals surface area contributed by atoms with E-state index in [0.29, 0.717) is 5.41 Å². The first-order chi connectivity index (χ1) is 8.65. The van der Waals surface area contributed by atoms with Gasteiger partial charge in [0, 0.05) is 36.5 Å². The van der Waals surface area contributed by atoms with Gasteiger partial charge in [-0.25, -0.2) is 4.98 Å². The van der Waals surface area contributed by atoms with Gasteiger partial charge < -0.3 is 5.32 Å². The van der Waals surface area contributed by atoms with Crippen LogP contribution in [0.5, 0.6) is 0 Å². The SMILES string of the molecule is CC1(C)CCCc2sc(CN3CCNCC3)nc21. The average Bonchev–Trinajstić information content (AvgIpc) is 2.74. The van der Waals surface area contributed by atoms with E-state index < -0.39 is 0 Å². The van der Waals surface area contributed by atoms with Gasteiger partial charge in [0.15, 0.2) is 0 Å². The lowest BCUT2D eigenvalue weighted by atomic mass is 9.79. The third-order valence-electron chi connectivity index (χ3n) is 4.16. The lowest BCUT2D eigenvalue weighted by Crippen LogP contribution is -2.42. The zero-order chi connectivity index (χ0) is 12.6. The minimum atomic E-state index is 0.297. The second-order valence-electron chi connectivity index (χ2n) is 6.14. The summed E-state index contributed by atoms with van der Waals surface area (Å²) in [6.07, 6.45) is 3.87. The zero-order valence-electron chi connectivity index (χ0n) is 11.5. The Hall–Kier alpha value is -0.450. The molecule has 0 spiro atoms. The summed E-state index contributed by atoms with van der Waals surface area (Å²) >= 11 is 1.96. The van der Waals surface area contributed by atoms with E-state index in [1.165, 1.54) is 30.0 Å². The molecule has 0 aromatic carbocycles. The van der Waals surface area contributed by atoms with E-state index in [1.807, 2.05) is 11.3 Å². The largest absolute Gasteiger partial charge is 0.314 e. The van der Waals surface area contributed by atoms with Gasteiger partial charge in [0.1, 0.15) is 5.01 Å². The molecule has 3 rings (SSSR count). The number of aryl methyl sites for hydroxylation is 1. The lowest BCUT2D eigenvalue weighted by Gasteiger charge is -2.28. The summed E-state index contributed by atoms with van der Waals surface area (Å²) in [7, 11) is 0. The maximum absolute atomic E-state index is 4.95. The van der Waals surface area contributed by atoms with E-state index in [4.69, 9.17) is 4.98 Å². The molecule has 0 amide bonds. The molecule has 3 nitrogen and oxygen atoms in total. The highest BCUT2D eigenvalue weighted by molar-refractivity contribution is 7.11. The summed E-state index contributed by atoms with van der Waals surface area (Å²) in [5.74, 6) is 0. The number of thiazole rings is 1. The maximum Gasteiger partial charge on any atom is 0.107 e. The molecule has 2 aliphatic rings. The standard InChI is InChI=1S/C14H23N3S/c1-14(2)5-3-4-11-13(14)16-12(18-11)10-17-8-6-15-7-9-17/h15H,3-10H2,1-2H3. The first-order valence-electron chi connectivity index (χ1n) is 7.07. The van der Waals surface area contributed by atoms with Gasteiger partial charge in [-0.05, 0) is 19.3 Å². The second kappa shape index (κ2) is 4.91. The number of fused-ring (bicyclic) bond motifs is 1. The Morgan fingerprint density at radius 1 is 1.33 bits per heavy atom. The topological polar surface area (TPSA) is 28.2 Å². The molecule has 0 bridgehead atoms. The molecule has 1 saturated heterocycles. The normalized spacial score (nSPS) is 23.9. The predicted octanol–water partition coefficient (Wildman–Crippen LogP) is 2.16. The molecule has 4 heteroatoms. The highest BCUT2D eigenvalue weighted by Gasteiger charge is 2.31. The Balaban J connectivity index is 1.76. The van der Waals surface area contributed by atoms with Gasteiger partial charge in [-0.1, -0.05) is 13.8 Å². The van der Waals surface area contributed by atoms with Crippen LogP contribution in [0.4, 0.5) is 0 Å². The van der Waals surface area contributed by atoms with E-state index in [0.717, 1.165) is 32.7 Å². The third-order valence-corrected chi connectivity index (χ3v) is 5.26. The van der Waals surface area contributed by atoms with Crippen LogP contribution in [-0.4, -0.2) is 36.1 Å². The minimum absolute atomic E-state index is 0.297. The molecule has 0 saturated carbocycles. The Kier molecular flexibility index (Phi) is 3.43. The van der Waals surface area contributed by atoms with Crippen molar-refractivity contribution in [2.45, 2.75) is 45.1 Å². The second-order valence-corrected chi connectivity index (χ2v) is 7.31. The smallest absolute Gasteiger partial charge is 0.107 e. The first kappa shape index (κ1) is 12.6. The van der Waals surface area contributed by atoms with E-state index in [-0.39, 0.29) is 0 Å². The summed E-state index contributed by atoms with van der Waals surface area (Å²) in [4.78, 5) is 9.03. The predicted molar refractivity (Wildman–Crippen MR) is 76.2 cm³/mol. The minimum Gasteiger partial charge on any atom is -0.314 e. The fourth-order valence-corrected chi connectivity index (χ4v) is 4.37. The van der Waals surface area contributed by atoms with Crippen LogP contribution in [0.25, 0.3) is 0 Å². The summed E-state index contributed by atoms with van der Waals surface area (Å²) in [6.45, 7) is 10.3.